The largest absolute Gasteiger partial charge is 0.494 e. The van der Waals surface area contributed by atoms with Gasteiger partial charge in [-0.2, -0.15) is 13.2 Å². The number of carbonyl (C=O) groups is 1. The van der Waals surface area contributed by atoms with Crippen LogP contribution in [0.4, 0.5) is 13.2 Å². The molecule has 7 nitrogen and oxygen atoms in total. The van der Waals surface area contributed by atoms with Crippen molar-refractivity contribution in [3.05, 3.63) is 47.4 Å². The zero-order valence-electron chi connectivity index (χ0n) is 17.3. The number of benzene rings is 1. The minimum absolute atomic E-state index is 0.0162. The number of hydrogen-bond acceptors (Lipinski definition) is 6. The van der Waals surface area contributed by atoms with Gasteiger partial charge in [-0.15, -0.1) is 0 Å². The van der Waals surface area contributed by atoms with E-state index in [-0.39, 0.29) is 35.2 Å². The Labute approximate surface area is 177 Å². The second kappa shape index (κ2) is 10.8. The highest BCUT2D eigenvalue weighted by molar-refractivity contribution is 6.06. The molecule has 1 atom stereocenters. The number of ether oxygens (including phenoxy) is 2. The van der Waals surface area contributed by atoms with E-state index in [1.54, 1.807) is 6.08 Å². The van der Waals surface area contributed by atoms with Crippen molar-refractivity contribution in [2.45, 2.75) is 25.9 Å². The fourth-order valence-corrected chi connectivity index (χ4v) is 3.03. The van der Waals surface area contributed by atoms with E-state index in [1.807, 2.05) is 6.92 Å². The smallest absolute Gasteiger partial charge is 0.433 e. The number of nitrogens with two attached hydrogens (primary N) is 1. The van der Waals surface area contributed by atoms with E-state index >= 15 is 0 Å². The minimum Gasteiger partial charge on any atom is -0.494 e. The van der Waals surface area contributed by atoms with E-state index in [4.69, 9.17) is 20.6 Å². The van der Waals surface area contributed by atoms with Gasteiger partial charge in [0.2, 0.25) is 12.3 Å². The fourth-order valence-electron chi connectivity index (χ4n) is 3.03. The summed E-state index contributed by atoms with van der Waals surface area (Å²) in [6, 6.07) is 5.07. The molecule has 0 aliphatic carbocycles. The highest BCUT2D eigenvalue weighted by atomic mass is 19.4. The number of allylic oxidation sites excluding steroid dienone is 1. The van der Waals surface area contributed by atoms with E-state index < -0.39 is 11.9 Å². The van der Waals surface area contributed by atoms with E-state index in [0.717, 1.165) is 18.9 Å². The van der Waals surface area contributed by atoms with Crippen molar-refractivity contribution in [3.8, 4) is 5.75 Å². The first kappa shape index (κ1) is 24.1. The van der Waals surface area contributed by atoms with Gasteiger partial charge in [0.1, 0.15) is 22.7 Å². The summed E-state index contributed by atoms with van der Waals surface area (Å²) in [5, 5.41) is 11.2. The summed E-state index contributed by atoms with van der Waals surface area (Å²) in [6.45, 7) is 2.56. The third-order valence-corrected chi connectivity index (χ3v) is 4.54. The second-order valence-electron chi connectivity index (χ2n) is 6.87. The van der Waals surface area contributed by atoms with Crippen molar-refractivity contribution in [2.75, 3.05) is 20.2 Å². The number of halogens is 3. The van der Waals surface area contributed by atoms with Crippen LogP contribution in [0.5, 0.6) is 5.75 Å². The number of nitrogens with one attached hydrogen (secondary N) is 2. The van der Waals surface area contributed by atoms with Crippen LogP contribution >= 0.6 is 0 Å². The van der Waals surface area contributed by atoms with E-state index in [9.17, 15) is 18.0 Å². The fraction of sp³-hybridized carbons (Fsp3) is 0.381. The van der Waals surface area contributed by atoms with Gasteiger partial charge in [-0.1, -0.05) is 6.92 Å². The summed E-state index contributed by atoms with van der Waals surface area (Å²) < 4.78 is 50.0. The number of fused-ring (bicyclic) bond motifs is 1. The quantitative estimate of drug-likeness (QED) is 0.173. The van der Waals surface area contributed by atoms with Crippen molar-refractivity contribution in [3.63, 3.8) is 0 Å². The first-order chi connectivity index (χ1) is 14.7. The summed E-state index contributed by atoms with van der Waals surface area (Å²) in [5.74, 6) is 0.346. The lowest BCUT2D eigenvalue weighted by Gasteiger charge is -2.15. The molecular formula is C21H25F3N4O3. The average Bonchev–Trinajstić information content (AvgIpc) is 2.74. The summed E-state index contributed by atoms with van der Waals surface area (Å²) in [4.78, 5) is 14.0. The lowest BCUT2D eigenvalue weighted by Crippen LogP contribution is -2.15. The van der Waals surface area contributed by atoms with Gasteiger partial charge in [0.15, 0.2) is 0 Å². The summed E-state index contributed by atoms with van der Waals surface area (Å²) in [7, 11) is 1.33. The third kappa shape index (κ3) is 6.42. The van der Waals surface area contributed by atoms with Crippen LogP contribution in [0.3, 0.4) is 0 Å². The Balaban J connectivity index is 2.28. The molecule has 0 unspecified atom stereocenters. The minimum atomic E-state index is -4.61. The normalized spacial score (nSPS) is 13.0. The summed E-state index contributed by atoms with van der Waals surface area (Å²) in [5.41, 5.74) is 4.94. The van der Waals surface area contributed by atoms with Crippen LogP contribution in [0.25, 0.3) is 10.9 Å². The van der Waals surface area contributed by atoms with Gasteiger partial charge in [0.25, 0.3) is 0 Å². The number of aromatic nitrogens is 1. The van der Waals surface area contributed by atoms with Crippen LogP contribution in [0, 0.1) is 11.3 Å². The zero-order valence-corrected chi connectivity index (χ0v) is 17.3. The molecule has 2 rings (SSSR count). The molecule has 0 aliphatic rings. The van der Waals surface area contributed by atoms with Gasteiger partial charge in [-0.25, -0.2) is 4.98 Å². The maximum absolute atomic E-state index is 13.1. The molecular weight excluding hydrogens is 413 g/mol. The van der Waals surface area contributed by atoms with E-state index in [2.05, 4.69) is 10.3 Å². The van der Waals surface area contributed by atoms with E-state index in [0.29, 0.717) is 24.1 Å². The highest BCUT2D eigenvalue weighted by Gasteiger charge is 2.33. The zero-order chi connectivity index (χ0) is 23.0. The lowest BCUT2D eigenvalue weighted by molar-refractivity contribution is -0.141. The second-order valence-corrected chi connectivity index (χ2v) is 6.87. The van der Waals surface area contributed by atoms with Gasteiger partial charge in [0, 0.05) is 17.5 Å². The third-order valence-electron chi connectivity index (χ3n) is 4.54. The molecule has 4 N–H and O–H groups in total. The molecule has 0 saturated carbocycles. The highest BCUT2D eigenvalue weighted by Crippen LogP contribution is 2.33. The molecule has 0 spiro atoms. The van der Waals surface area contributed by atoms with Crippen LogP contribution in [0.15, 0.2) is 36.1 Å². The molecule has 168 valence electrons. The monoisotopic (exact) mass is 438 g/mol. The van der Waals surface area contributed by atoms with Gasteiger partial charge in [-0.3, -0.25) is 10.2 Å². The first-order valence-electron chi connectivity index (χ1n) is 9.60. The number of alkyl halides is 3. The van der Waals surface area contributed by atoms with Crippen molar-refractivity contribution in [1.82, 2.24) is 10.3 Å². The number of hydrogen-bond donors (Lipinski definition) is 3. The van der Waals surface area contributed by atoms with Crippen LogP contribution in [-0.4, -0.2) is 37.5 Å². The Bertz CT molecular complexity index is 961. The molecule has 0 radical (unpaired) electrons. The van der Waals surface area contributed by atoms with Crippen molar-refractivity contribution < 1.29 is 27.4 Å². The number of methoxy groups -OCH3 is 1. The number of carbonyl (C=O) groups excluding carboxylic acids is 1. The molecule has 1 aromatic heterocycles. The molecule has 1 heterocycles. The van der Waals surface area contributed by atoms with Gasteiger partial charge >= 0.3 is 6.18 Å². The Kier molecular flexibility index (Phi) is 8.38. The molecule has 0 fully saturated rings. The summed E-state index contributed by atoms with van der Waals surface area (Å²) >= 11 is 0. The van der Waals surface area contributed by atoms with Crippen LogP contribution in [0.2, 0.25) is 0 Å². The molecule has 0 saturated heterocycles. The maximum atomic E-state index is 13.1. The van der Waals surface area contributed by atoms with Crippen molar-refractivity contribution in [2.24, 2.45) is 11.7 Å². The molecule has 1 amide bonds. The van der Waals surface area contributed by atoms with Gasteiger partial charge < -0.3 is 20.5 Å². The van der Waals surface area contributed by atoms with Gasteiger partial charge in [-0.05, 0) is 49.1 Å². The topological polar surface area (TPSA) is 110 Å². The lowest BCUT2D eigenvalue weighted by atomic mass is 10.0. The summed E-state index contributed by atoms with van der Waals surface area (Å²) in [6.07, 6.45) is -0.631. The Hall–Kier alpha value is -3.14. The standard InChI is InChI=1S/C21H25F3N4O3/c1-13(4-3-9-27-12-29)10-14(11-25)31-20(26)16-5-7-17(30-2)19-15(16)6-8-18(28-19)21(22,23)24/h5-8,10,12-13,26H,3-4,9,11,25H2,1-2H3,(H,27,29)/t13-/m1/s1. The molecule has 0 bridgehead atoms. The average molecular weight is 438 g/mol. The van der Waals surface area contributed by atoms with Crippen molar-refractivity contribution in [1.29, 1.82) is 5.41 Å². The molecule has 0 aliphatic heterocycles. The predicted molar refractivity (Wildman–Crippen MR) is 111 cm³/mol. The van der Waals surface area contributed by atoms with Crippen LogP contribution in [0.1, 0.15) is 31.0 Å². The maximum Gasteiger partial charge on any atom is 0.433 e. The molecule has 2 aromatic rings. The van der Waals surface area contributed by atoms with Gasteiger partial charge in [0.05, 0.1) is 13.7 Å². The Morgan fingerprint density at radius 3 is 2.68 bits per heavy atom. The predicted octanol–water partition coefficient (Wildman–Crippen LogP) is 3.61. The Morgan fingerprint density at radius 2 is 2.06 bits per heavy atom. The number of rotatable bonds is 10. The molecule has 1 aromatic carbocycles. The number of nitrogens with zero attached hydrogens (tertiary/aromatic N) is 1. The SMILES string of the molecule is COc1ccc(C(=N)OC(=C[C@H](C)CCCNC=O)CN)c2ccc(C(F)(F)F)nc12. The van der Waals surface area contributed by atoms with Crippen LogP contribution < -0.4 is 15.8 Å². The van der Waals surface area contributed by atoms with E-state index in [1.165, 1.54) is 25.3 Å². The molecule has 31 heavy (non-hydrogen) atoms. The number of pyridine rings is 1. The Morgan fingerprint density at radius 1 is 1.32 bits per heavy atom. The van der Waals surface area contributed by atoms with Crippen LogP contribution in [-0.2, 0) is 15.7 Å². The van der Waals surface area contributed by atoms with Crippen molar-refractivity contribution >= 4 is 23.2 Å². The molecule has 10 heteroatoms. The number of amides is 1. The first-order valence-corrected chi connectivity index (χ1v) is 9.60.